The number of hydrogen-bond donors (Lipinski definition) is 2. The summed E-state index contributed by atoms with van der Waals surface area (Å²) < 4.78 is 38.0. The lowest BCUT2D eigenvalue weighted by molar-refractivity contribution is -0.112. The molecule has 1 amide bonds. The van der Waals surface area contributed by atoms with Gasteiger partial charge in [-0.15, -0.1) is 0 Å². The van der Waals surface area contributed by atoms with E-state index in [1.165, 1.54) is 6.08 Å². The van der Waals surface area contributed by atoms with E-state index in [1.807, 2.05) is 49.6 Å². The molecule has 0 saturated heterocycles. The number of nitrogens with one attached hydrogen (secondary N) is 2. The van der Waals surface area contributed by atoms with E-state index >= 15 is 8.78 Å². The van der Waals surface area contributed by atoms with Crippen molar-refractivity contribution in [3.05, 3.63) is 94.7 Å². The standard InChI is InChI=1S/C32H30ClF2N3O3/c1-32(2,3)36-13-6-12-27(39)37-29-24(34)16-19(17-25(29)35)31(40)22-18-38-14-7-15-41-26-11-5-10-23(33)28(26)21-9-4-8-20(22)30(21)38/h4-6,8-12,16-18,36H,7,13-15H2,1-3H3,(H,37,39)/b12-6+. The highest BCUT2D eigenvalue weighted by Gasteiger charge is 2.24. The van der Waals surface area contributed by atoms with E-state index in [-0.39, 0.29) is 11.1 Å². The van der Waals surface area contributed by atoms with Gasteiger partial charge in [0.25, 0.3) is 0 Å². The second-order valence-corrected chi connectivity index (χ2v) is 11.3. The first-order valence-corrected chi connectivity index (χ1v) is 13.7. The van der Waals surface area contributed by atoms with Crippen LogP contribution in [0.25, 0.3) is 22.0 Å². The molecular weight excluding hydrogens is 548 g/mol. The van der Waals surface area contributed by atoms with Crippen LogP contribution in [-0.4, -0.2) is 34.9 Å². The number of aromatic nitrogens is 1. The van der Waals surface area contributed by atoms with Crippen LogP contribution in [0.5, 0.6) is 5.75 Å². The van der Waals surface area contributed by atoms with Gasteiger partial charge >= 0.3 is 0 Å². The van der Waals surface area contributed by atoms with Crippen molar-refractivity contribution in [3.8, 4) is 16.9 Å². The van der Waals surface area contributed by atoms with E-state index in [0.717, 1.165) is 28.8 Å². The predicted octanol–water partition coefficient (Wildman–Crippen LogP) is 7.14. The first kappa shape index (κ1) is 28.5. The lowest BCUT2D eigenvalue weighted by Gasteiger charge is -2.18. The summed E-state index contributed by atoms with van der Waals surface area (Å²) >= 11 is 6.60. The number of nitrogens with zero attached hydrogens (tertiary/aromatic N) is 1. The maximum Gasteiger partial charge on any atom is 0.248 e. The highest BCUT2D eigenvalue weighted by atomic mass is 35.5. The number of aryl methyl sites for hydroxylation is 1. The van der Waals surface area contributed by atoms with Crippen molar-refractivity contribution in [3.63, 3.8) is 0 Å². The molecule has 0 unspecified atom stereocenters. The lowest BCUT2D eigenvalue weighted by Crippen LogP contribution is -2.35. The molecule has 1 aliphatic heterocycles. The summed E-state index contributed by atoms with van der Waals surface area (Å²) in [6.45, 7) is 7.37. The minimum Gasteiger partial charge on any atom is -0.493 e. The van der Waals surface area contributed by atoms with E-state index in [1.54, 1.807) is 24.4 Å². The molecule has 0 fully saturated rings. The van der Waals surface area contributed by atoms with Crippen LogP contribution < -0.4 is 15.4 Å². The third-order valence-electron chi connectivity index (χ3n) is 6.76. The Balaban J connectivity index is 1.47. The molecule has 0 atom stereocenters. The number of halogens is 3. The molecule has 3 aromatic carbocycles. The molecule has 4 aromatic rings. The fourth-order valence-corrected chi connectivity index (χ4v) is 5.17. The Hall–Kier alpha value is -4.01. The number of amides is 1. The zero-order chi connectivity index (χ0) is 29.3. The van der Waals surface area contributed by atoms with E-state index in [0.29, 0.717) is 47.8 Å². The van der Waals surface area contributed by atoms with Gasteiger partial charge in [0.2, 0.25) is 5.91 Å². The van der Waals surface area contributed by atoms with Crippen LogP contribution in [-0.2, 0) is 11.3 Å². The summed E-state index contributed by atoms with van der Waals surface area (Å²) in [7, 11) is 0. The van der Waals surface area contributed by atoms with Crippen LogP contribution in [0.4, 0.5) is 14.5 Å². The van der Waals surface area contributed by atoms with Crippen molar-refractivity contribution in [2.45, 2.75) is 39.3 Å². The molecule has 2 N–H and O–H groups in total. The van der Waals surface area contributed by atoms with Crippen LogP contribution in [0, 0.1) is 11.6 Å². The third kappa shape index (κ3) is 6.04. The summed E-state index contributed by atoms with van der Waals surface area (Å²) in [5, 5.41) is 6.55. The number of ketones is 1. The van der Waals surface area contributed by atoms with Crippen LogP contribution in [0.15, 0.2) is 66.9 Å². The van der Waals surface area contributed by atoms with Gasteiger partial charge in [0, 0.05) is 58.5 Å². The van der Waals surface area contributed by atoms with Gasteiger partial charge in [-0.1, -0.05) is 41.9 Å². The van der Waals surface area contributed by atoms with E-state index in [4.69, 9.17) is 16.3 Å². The van der Waals surface area contributed by atoms with Crippen molar-refractivity contribution < 1.29 is 23.1 Å². The molecule has 0 radical (unpaired) electrons. The van der Waals surface area contributed by atoms with Gasteiger partial charge < -0.3 is 19.9 Å². The number of para-hydroxylation sites is 1. The number of carbonyl (C=O) groups is 2. The zero-order valence-electron chi connectivity index (χ0n) is 23.0. The van der Waals surface area contributed by atoms with Crippen LogP contribution >= 0.6 is 11.6 Å². The minimum absolute atomic E-state index is 0.142. The Bertz CT molecular complexity index is 1660. The topological polar surface area (TPSA) is 72.4 Å². The van der Waals surface area contributed by atoms with Crippen LogP contribution in [0.1, 0.15) is 43.1 Å². The molecule has 0 bridgehead atoms. The summed E-state index contributed by atoms with van der Waals surface area (Å²) in [5.74, 6) is -2.66. The maximum absolute atomic E-state index is 15.0. The molecule has 1 aromatic heterocycles. The molecule has 0 spiro atoms. The number of fused-ring (bicyclic) bond motifs is 2. The van der Waals surface area contributed by atoms with Crippen LogP contribution in [0.3, 0.4) is 0 Å². The molecule has 0 saturated carbocycles. The predicted molar refractivity (Wildman–Crippen MR) is 158 cm³/mol. The SMILES string of the molecule is CC(C)(C)NC/C=C/C(=O)Nc1c(F)cc(C(=O)c2cn3c4c(cccc24)-c2c(Cl)cccc2OCCC3)cc1F. The smallest absolute Gasteiger partial charge is 0.248 e. The monoisotopic (exact) mass is 577 g/mol. The lowest BCUT2D eigenvalue weighted by atomic mass is 9.98. The highest BCUT2D eigenvalue weighted by Crippen LogP contribution is 2.42. The van der Waals surface area contributed by atoms with Crippen LogP contribution in [0.2, 0.25) is 5.02 Å². The largest absolute Gasteiger partial charge is 0.493 e. The van der Waals surface area contributed by atoms with Crippen molar-refractivity contribution >= 4 is 39.9 Å². The second kappa shape index (κ2) is 11.5. The number of ether oxygens (including phenoxy) is 1. The van der Waals surface area contributed by atoms with Gasteiger partial charge in [-0.3, -0.25) is 9.59 Å². The van der Waals surface area contributed by atoms with Gasteiger partial charge in [0.1, 0.15) is 23.1 Å². The van der Waals surface area contributed by atoms with Gasteiger partial charge in [-0.25, -0.2) is 8.78 Å². The third-order valence-corrected chi connectivity index (χ3v) is 7.08. The minimum atomic E-state index is -1.04. The second-order valence-electron chi connectivity index (χ2n) is 10.9. The Morgan fingerprint density at radius 1 is 1.10 bits per heavy atom. The average molecular weight is 578 g/mol. The summed E-state index contributed by atoms with van der Waals surface area (Å²) in [6.07, 6.45) is 5.15. The van der Waals surface area contributed by atoms with E-state index < -0.39 is 29.0 Å². The molecule has 0 aliphatic carbocycles. The number of rotatable bonds is 6. The molecule has 6 nitrogen and oxygen atoms in total. The van der Waals surface area contributed by atoms with Gasteiger partial charge in [0.05, 0.1) is 17.1 Å². The number of benzene rings is 3. The molecule has 9 heteroatoms. The average Bonchev–Trinajstić information content (AvgIpc) is 3.31. The Labute approximate surface area is 242 Å². The Morgan fingerprint density at radius 2 is 1.83 bits per heavy atom. The molecule has 212 valence electrons. The normalized spacial score (nSPS) is 13.3. The van der Waals surface area contributed by atoms with Crippen molar-refractivity contribution in [2.24, 2.45) is 0 Å². The molecule has 41 heavy (non-hydrogen) atoms. The van der Waals surface area contributed by atoms with Gasteiger partial charge in [-0.2, -0.15) is 0 Å². The molecule has 1 aliphatic rings. The summed E-state index contributed by atoms with van der Waals surface area (Å²) in [4.78, 5) is 25.9. The molecule has 5 rings (SSSR count). The number of hydrogen-bond acceptors (Lipinski definition) is 4. The van der Waals surface area contributed by atoms with Crippen molar-refractivity contribution in [2.75, 3.05) is 18.5 Å². The Kier molecular flexibility index (Phi) is 7.98. The number of anilines is 1. The highest BCUT2D eigenvalue weighted by molar-refractivity contribution is 6.34. The number of carbonyl (C=O) groups excluding carboxylic acids is 2. The van der Waals surface area contributed by atoms with E-state index in [9.17, 15) is 9.59 Å². The van der Waals surface area contributed by atoms with Crippen molar-refractivity contribution in [1.82, 2.24) is 9.88 Å². The van der Waals surface area contributed by atoms with E-state index in [2.05, 4.69) is 10.6 Å². The van der Waals surface area contributed by atoms with Gasteiger partial charge in [0.15, 0.2) is 5.78 Å². The Morgan fingerprint density at radius 3 is 2.56 bits per heavy atom. The summed E-state index contributed by atoms with van der Waals surface area (Å²) in [5.41, 5.74) is 1.69. The fourth-order valence-electron chi connectivity index (χ4n) is 4.90. The fraction of sp³-hybridized carbons (Fsp3) is 0.250. The molecule has 2 heterocycles. The van der Waals surface area contributed by atoms with Gasteiger partial charge in [-0.05, 0) is 51.5 Å². The molecular formula is C32H30ClF2N3O3. The first-order chi connectivity index (χ1) is 19.5. The quantitative estimate of drug-likeness (QED) is 0.189. The first-order valence-electron chi connectivity index (χ1n) is 13.3. The van der Waals surface area contributed by atoms with Crippen molar-refractivity contribution in [1.29, 1.82) is 0 Å². The maximum atomic E-state index is 15.0. The zero-order valence-corrected chi connectivity index (χ0v) is 23.7. The summed E-state index contributed by atoms with van der Waals surface area (Å²) in [6, 6.07) is 12.9.